The number of carbonyl (C=O) groups excluding carboxylic acids is 1. The molecule has 1 saturated carbocycles. The van der Waals surface area contributed by atoms with Crippen LogP contribution in [0.5, 0.6) is 0 Å². The van der Waals surface area contributed by atoms with Crippen molar-refractivity contribution >= 4 is 23.3 Å². The van der Waals surface area contributed by atoms with E-state index in [0.29, 0.717) is 0 Å². The minimum Gasteiger partial charge on any atom is -0.363 e. The molecule has 1 fully saturated rings. The molecule has 4 N–H and O–H groups in total. The Morgan fingerprint density at radius 1 is 1.40 bits per heavy atom. The molecule has 0 radical (unpaired) electrons. The van der Waals surface area contributed by atoms with Gasteiger partial charge in [-0.1, -0.05) is 24.4 Å². The Balaban J connectivity index is 1.91. The Hall–Kier alpha value is -1.40. The van der Waals surface area contributed by atoms with Crippen LogP contribution in [-0.4, -0.2) is 23.0 Å². The lowest BCUT2D eigenvalue weighted by molar-refractivity contribution is 0.0965. The van der Waals surface area contributed by atoms with Crippen LogP contribution in [0.15, 0.2) is 0 Å². The number of nitrogens with one attached hydrogen (secondary N) is 2. The molecular weight excluding hydrogens is 283 g/mol. The molecule has 0 aromatic carbocycles. The van der Waals surface area contributed by atoms with Crippen molar-refractivity contribution in [3.8, 4) is 0 Å². The first-order valence-corrected chi connectivity index (χ1v) is 7.14. The average Bonchev–Trinajstić information content (AvgIpc) is 2.81. The van der Waals surface area contributed by atoms with Crippen LogP contribution in [-0.2, 0) is 6.54 Å². The zero-order valence-electron chi connectivity index (χ0n) is 10.9. The molecule has 3 rings (SSSR count). The van der Waals surface area contributed by atoms with Gasteiger partial charge >= 0.3 is 0 Å². The molecule has 1 aliphatic heterocycles. The number of carbonyl (C=O) groups is 1. The minimum atomic E-state index is -0.513. The lowest BCUT2D eigenvalue weighted by Crippen LogP contribution is -2.43. The smallest absolute Gasteiger partial charge is 0.255 e. The van der Waals surface area contributed by atoms with Gasteiger partial charge in [-0.2, -0.15) is 0 Å². The first kappa shape index (κ1) is 13.6. The van der Waals surface area contributed by atoms with Crippen molar-refractivity contribution in [1.29, 1.82) is 0 Å². The summed E-state index contributed by atoms with van der Waals surface area (Å²) in [7, 11) is 0. The second-order valence-electron chi connectivity index (χ2n) is 5.30. The van der Waals surface area contributed by atoms with E-state index in [9.17, 15) is 9.18 Å². The monoisotopic (exact) mass is 298 g/mol. The fourth-order valence-corrected chi connectivity index (χ4v) is 3.13. The van der Waals surface area contributed by atoms with Gasteiger partial charge in [-0.3, -0.25) is 4.79 Å². The van der Waals surface area contributed by atoms with E-state index in [1.165, 1.54) is 0 Å². The molecular formula is C13H16ClFN4O. The van der Waals surface area contributed by atoms with Crippen LogP contribution in [0.25, 0.3) is 0 Å². The molecule has 108 valence electrons. The maximum absolute atomic E-state index is 14.4. The summed E-state index contributed by atoms with van der Waals surface area (Å²) in [5.74, 6) is -0.801. The van der Waals surface area contributed by atoms with Gasteiger partial charge in [0.2, 0.25) is 0 Å². The number of nitrogens with two attached hydrogens (primary N) is 1. The average molecular weight is 299 g/mol. The maximum Gasteiger partial charge on any atom is 0.255 e. The molecule has 0 spiro atoms. The lowest BCUT2D eigenvalue weighted by Gasteiger charge is -2.30. The Kier molecular flexibility index (Phi) is 3.52. The summed E-state index contributed by atoms with van der Waals surface area (Å²) in [5, 5.41) is 5.63. The number of aromatic nitrogens is 1. The summed E-state index contributed by atoms with van der Waals surface area (Å²) in [6, 6.07) is -0.0262. The van der Waals surface area contributed by atoms with E-state index < -0.39 is 5.82 Å². The van der Waals surface area contributed by atoms with Crippen molar-refractivity contribution in [3.63, 3.8) is 0 Å². The molecule has 1 aromatic heterocycles. The van der Waals surface area contributed by atoms with Gasteiger partial charge in [0.25, 0.3) is 5.91 Å². The lowest BCUT2D eigenvalue weighted by atomic mass is 9.91. The normalized spacial score (nSPS) is 25.2. The van der Waals surface area contributed by atoms with E-state index in [1.807, 2.05) is 0 Å². The van der Waals surface area contributed by atoms with E-state index in [2.05, 4.69) is 15.6 Å². The molecule has 2 atom stereocenters. The third-order valence-corrected chi connectivity index (χ3v) is 4.26. The van der Waals surface area contributed by atoms with Gasteiger partial charge < -0.3 is 16.4 Å². The summed E-state index contributed by atoms with van der Waals surface area (Å²) < 4.78 is 14.4. The summed E-state index contributed by atoms with van der Waals surface area (Å²) in [4.78, 5) is 15.5. The number of pyridine rings is 1. The highest BCUT2D eigenvalue weighted by Crippen LogP contribution is 2.30. The predicted octanol–water partition coefficient (Wildman–Crippen LogP) is 1.80. The summed E-state index contributed by atoms with van der Waals surface area (Å²) in [6.45, 7) is 0.146. The van der Waals surface area contributed by atoms with Crippen molar-refractivity contribution < 1.29 is 9.18 Å². The van der Waals surface area contributed by atoms with Gasteiger partial charge in [0, 0.05) is 24.2 Å². The number of hydrogen-bond donors (Lipinski definition) is 3. The topological polar surface area (TPSA) is 80.0 Å². The quantitative estimate of drug-likeness (QED) is 0.727. The number of fused-ring (bicyclic) bond motifs is 1. The SMILES string of the molecule is N[C@H]1CCCC[C@H]1Nc1nc(Cl)c2c(c1F)CNC2=O. The van der Waals surface area contributed by atoms with Crippen molar-refractivity contribution in [2.45, 2.75) is 44.3 Å². The zero-order valence-corrected chi connectivity index (χ0v) is 11.6. The Morgan fingerprint density at radius 3 is 2.90 bits per heavy atom. The zero-order chi connectivity index (χ0) is 14.3. The van der Waals surface area contributed by atoms with E-state index in [1.54, 1.807) is 0 Å². The van der Waals surface area contributed by atoms with Crippen molar-refractivity contribution in [3.05, 3.63) is 22.1 Å². The molecule has 1 aliphatic carbocycles. The van der Waals surface area contributed by atoms with E-state index >= 15 is 0 Å². The highest BCUT2D eigenvalue weighted by molar-refractivity contribution is 6.33. The fraction of sp³-hybridized carbons (Fsp3) is 0.538. The van der Waals surface area contributed by atoms with Crippen LogP contribution < -0.4 is 16.4 Å². The van der Waals surface area contributed by atoms with Crippen molar-refractivity contribution in [1.82, 2.24) is 10.3 Å². The third kappa shape index (κ3) is 2.23. The maximum atomic E-state index is 14.4. The summed E-state index contributed by atoms with van der Waals surface area (Å²) in [5.41, 5.74) is 6.46. The van der Waals surface area contributed by atoms with Crippen LogP contribution >= 0.6 is 11.6 Å². The second-order valence-corrected chi connectivity index (χ2v) is 5.66. The van der Waals surface area contributed by atoms with Crippen LogP contribution in [0.4, 0.5) is 10.2 Å². The van der Waals surface area contributed by atoms with Gasteiger partial charge in [-0.25, -0.2) is 9.37 Å². The molecule has 1 amide bonds. The number of anilines is 1. The number of nitrogens with zero attached hydrogens (tertiary/aromatic N) is 1. The van der Waals surface area contributed by atoms with Gasteiger partial charge in [0.1, 0.15) is 5.15 Å². The number of rotatable bonds is 2. The van der Waals surface area contributed by atoms with Gasteiger partial charge in [-0.15, -0.1) is 0 Å². The van der Waals surface area contributed by atoms with Crippen molar-refractivity contribution in [2.75, 3.05) is 5.32 Å². The molecule has 20 heavy (non-hydrogen) atoms. The Bertz CT molecular complexity index is 566. The molecule has 0 bridgehead atoms. The molecule has 1 aromatic rings. The van der Waals surface area contributed by atoms with Crippen LogP contribution in [0.1, 0.15) is 41.6 Å². The first-order valence-electron chi connectivity index (χ1n) is 6.76. The summed E-state index contributed by atoms with van der Waals surface area (Å²) >= 11 is 5.99. The van der Waals surface area contributed by atoms with Gasteiger partial charge in [0.05, 0.1) is 5.56 Å². The predicted molar refractivity (Wildman–Crippen MR) is 74.2 cm³/mol. The number of halogens is 2. The number of amides is 1. The Labute approximate surface area is 121 Å². The highest BCUT2D eigenvalue weighted by atomic mass is 35.5. The molecule has 0 unspecified atom stereocenters. The van der Waals surface area contributed by atoms with Crippen LogP contribution in [0.2, 0.25) is 5.15 Å². The molecule has 5 nitrogen and oxygen atoms in total. The molecule has 7 heteroatoms. The van der Waals surface area contributed by atoms with Crippen LogP contribution in [0, 0.1) is 5.82 Å². The van der Waals surface area contributed by atoms with Gasteiger partial charge in [-0.05, 0) is 12.8 Å². The van der Waals surface area contributed by atoms with Crippen LogP contribution in [0.3, 0.4) is 0 Å². The van der Waals surface area contributed by atoms with E-state index in [4.69, 9.17) is 17.3 Å². The van der Waals surface area contributed by atoms with Gasteiger partial charge in [0.15, 0.2) is 11.6 Å². The van der Waals surface area contributed by atoms with E-state index in [-0.39, 0.29) is 46.6 Å². The third-order valence-electron chi connectivity index (χ3n) is 3.99. The largest absolute Gasteiger partial charge is 0.363 e. The molecule has 0 saturated heterocycles. The first-order chi connectivity index (χ1) is 9.58. The molecule has 2 heterocycles. The summed E-state index contributed by atoms with van der Waals surface area (Å²) in [6.07, 6.45) is 3.95. The Morgan fingerprint density at radius 2 is 2.15 bits per heavy atom. The fourth-order valence-electron chi connectivity index (χ4n) is 2.84. The highest BCUT2D eigenvalue weighted by Gasteiger charge is 2.30. The molecule has 2 aliphatic rings. The van der Waals surface area contributed by atoms with Crippen molar-refractivity contribution in [2.24, 2.45) is 5.73 Å². The second kappa shape index (κ2) is 5.18. The number of hydrogen-bond acceptors (Lipinski definition) is 4. The minimum absolute atomic E-state index is 0.00932. The van der Waals surface area contributed by atoms with E-state index in [0.717, 1.165) is 25.7 Å². The standard InChI is InChI=1S/C13H16ClFN4O/c14-11-9-6(5-17-13(9)20)10(15)12(19-11)18-8-4-2-1-3-7(8)16/h7-8H,1-5,16H2,(H,17,20)(H,18,19)/t7-,8+/m0/s1.